The molecule has 0 saturated heterocycles. The van der Waals surface area contributed by atoms with Gasteiger partial charge in [-0.25, -0.2) is 0 Å². The van der Waals surface area contributed by atoms with Crippen molar-refractivity contribution in [3.05, 3.63) is 105 Å². The van der Waals surface area contributed by atoms with Crippen LogP contribution in [-0.2, 0) is 6.54 Å². The van der Waals surface area contributed by atoms with Crippen LogP contribution < -0.4 is 10.2 Å². The predicted molar refractivity (Wildman–Crippen MR) is 116 cm³/mol. The summed E-state index contributed by atoms with van der Waals surface area (Å²) in [6.45, 7) is 2.23. The Bertz CT molecular complexity index is 1340. The van der Waals surface area contributed by atoms with E-state index in [1.54, 1.807) is 36.5 Å². The second-order valence-corrected chi connectivity index (χ2v) is 7.64. The lowest BCUT2D eigenvalue weighted by Gasteiger charge is -2.25. The largest absolute Gasteiger partial charge is 0.497 e. The standard InChI is InChI=1S/C25H20N2O4/c1-15-5-10-20-19(12-15)23(28)21-22(17-6-8-18(30-2)9-7-17)27(25(29)24(21)31-20)14-16-4-3-11-26-13-16/h3-13,22H,14H2,1-2H3. The van der Waals surface area contributed by atoms with Gasteiger partial charge in [0.2, 0.25) is 5.76 Å². The molecule has 1 aliphatic heterocycles. The van der Waals surface area contributed by atoms with E-state index in [0.29, 0.717) is 28.8 Å². The van der Waals surface area contributed by atoms with Crippen LogP contribution in [0.1, 0.15) is 38.9 Å². The number of carbonyl (C=O) groups excluding carboxylic acids is 1. The Morgan fingerprint density at radius 1 is 1.10 bits per heavy atom. The van der Waals surface area contributed by atoms with Crippen molar-refractivity contribution >= 4 is 16.9 Å². The summed E-state index contributed by atoms with van der Waals surface area (Å²) in [5, 5.41) is 0.480. The van der Waals surface area contributed by atoms with Crippen LogP contribution in [0.15, 0.2) is 76.2 Å². The first kappa shape index (κ1) is 19.1. The van der Waals surface area contributed by atoms with Gasteiger partial charge in [0.1, 0.15) is 11.3 Å². The third-order valence-electron chi connectivity index (χ3n) is 5.63. The molecule has 6 nitrogen and oxygen atoms in total. The summed E-state index contributed by atoms with van der Waals surface area (Å²) in [4.78, 5) is 32.8. The van der Waals surface area contributed by atoms with E-state index in [2.05, 4.69) is 4.98 Å². The number of ether oxygens (including phenoxy) is 1. The highest BCUT2D eigenvalue weighted by atomic mass is 16.5. The fraction of sp³-hybridized carbons (Fsp3) is 0.160. The number of benzene rings is 2. The van der Waals surface area contributed by atoms with Gasteiger partial charge in [0.25, 0.3) is 5.91 Å². The monoisotopic (exact) mass is 412 g/mol. The van der Waals surface area contributed by atoms with Gasteiger partial charge in [-0.3, -0.25) is 14.6 Å². The molecule has 1 unspecified atom stereocenters. The molecule has 2 aromatic carbocycles. The Hall–Kier alpha value is -3.93. The van der Waals surface area contributed by atoms with Crippen molar-refractivity contribution in [3.63, 3.8) is 0 Å². The Morgan fingerprint density at radius 2 is 1.90 bits per heavy atom. The van der Waals surface area contributed by atoms with Crippen molar-refractivity contribution in [2.45, 2.75) is 19.5 Å². The molecule has 0 saturated carbocycles. The van der Waals surface area contributed by atoms with Crippen LogP contribution in [0.5, 0.6) is 5.75 Å². The van der Waals surface area contributed by atoms with Crippen molar-refractivity contribution in [3.8, 4) is 5.75 Å². The molecule has 0 fully saturated rings. The molecule has 0 N–H and O–H groups in total. The SMILES string of the molecule is COc1ccc(C2c3c(oc4ccc(C)cc4c3=O)C(=O)N2Cc2cccnc2)cc1. The third kappa shape index (κ3) is 3.17. The first-order valence-corrected chi connectivity index (χ1v) is 9.98. The van der Waals surface area contributed by atoms with E-state index in [4.69, 9.17) is 9.15 Å². The van der Waals surface area contributed by atoms with Gasteiger partial charge in [-0.2, -0.15) is 0 Å². The molecule has 0 aliphatic carbocycles. The van der Waals surface area contributed by atoms with Crippen molar-refractivity contribution in [2.75, 3.05) is 7.11 Å². The Kier molecular flexibility index (Phi) is 4.55. The van der Waals surface area contributed by atoms with Crippen LogP contribution in [0.3, 0.4) is 0 Å². The number of aryl methyl sites for hydroxylation is 1. The molecular formula is C25H20N2O4. The molecule has 154 valence electrons. The molecule has 5 rings (SSSR count). The molecule has 0 bridgehead atoms. The number of hydrogen-bond acceptors (Lipinski definition) is 5. The van der Waals surface area contributed by atoms with Gasteiger partial charge in [-0.05, 0) is 48.4 Å². The summed E-state index contributed by atoms with van der Waals surface area (Å²) in [6, 6.07) is 16.0. The number of rotatable bonds is 4. The first-order valence-electron chi connectivity index (χ1n) is 9.98. The van der Waals surface area contributed by atoms with E-state index < -0.39 is 6.04 Å². The molecule has 6 heteroatoms. The Morgan fingerprint density at radius 3 is 2.61 bits per heavy atom. The molecule has 0 spiro atoms. The third-order valence-corrected chi connectivity index (χ3v) is 5.63. The van der Waals surface area contributed by atoms with E-state index in [1.165, 1.54) is 0 Å². The number of pyridine rings is 1. The summed E-state index contributed by atoms with van der Waals surface area (Å²) in [6.07, 6.45) is 3.40. The zero-order valence-corrected chi connectivity index (χ0v) is 17.2. The summed E-state index contributed by atoms with van der Waals surface area (Å²) in [5.74, 6) is 0.499. The summed E-state index contributed by atoms with van der Waals surface area (Å²) in [5.41, 5.74) is 3.25. The lowest BCUT2D eigenvalue weighted by atomic mass is 9.98. The van der Waals surface area contributed by atoms with Gasteiger partial charge in [0.15, 0.2) is 5.43 Å². The summed E-state index contributed by atoms with van der Waals surface area (Å²) in [7, 11) is 1.60. The molecule has 2 aromatic heterocycles. The fourth-order valence-electron chi connectivity index (χ4n) is 4.12. The Labute approximate surface area is 178 Å². The van der Waals surface area contributed by atoms with Crippen molar-refractivity contribution in [1.82, 2.24) is 9.88 Å². The van der Waals surface area contributed by atoms with Gasteiger partial charge in [0, 0.05) is 18.9 Å². The summed E-state index contributed by atoms with van der Waals surface area (Å²) < 4.78 is 11.3. The smallest absolute Gasteiger partial charge is 0.291 e. The number of methoxy groups -OCH3 is 1. The van der Waals surface area contributed by atoms with E-state index in [0.717, 1.165) is 16.7 Å². The van der Waals surface area contributed by atoms with Crippen LogP contribution in [-0.4, -0.2) is 22.9 Å². The number of carbonyl (C=O) groups is 1. The van der Waals surface area contributed by atoms with Crippen LogP contribution >= 0.6 is 0 Å². The van der Waals surface area contributed by atoms with Gasteiger partial charge in [-0.1, -0.05) is 29.8 Å². The van der Waals surface area contributed by atoms with E-state index in [9.17, 15) is 9.59 Å². The second-order valence-electron chi connectivity index (χ2n) is 7.64. The minimum absolute atomic E-state index is 0.103. The molecule has 3 heterocycles. The highest BCUT2D eigenvalue weighted by Gasteiger charge is 2.42. The molecule has 1 aliphatic rings. The number of nitrogens with zero attached hydrogens (tertiary/aromatic N) is 2. The first-order chi connectivity index (χ1) is 15.1. The average molecular weight is 412 g/mol. The van der Waals surface area contributed by atoms with E-state index in [1.807, 2.05) is 49.4 Å². The quantitative estimate of drug-likeness (QED) is 0.501. The topological polar surface area (TPSA) is 72.6 Å². The fourth-order valence-corrected chi connectivity index (χ4v) is 4.12. The van der Waals surface area contributed by atoms with Gasteiger partial charge in [-0.15, -0.1) is 0 Å². The molecule has 0 radical (unpaired) electrons. The second kappa shape index (κ2) is 7.40. The van der Waals surface area contributed by atoms with E-state index >= 15 is 0 Å². The molecule has 31 heavy (non-hydrogen) atoms. The predicted octanol–water partition coefficient (Wildman–Crippen LogP) is 4.25. The van der Waals surface area contributed by atoms with Gasteiger partial charge < -0.3 is 14.1 Å². The van der Waals surface area contributed by atoms with E-state index in [-0.39, 0.29) is 17.1 Å². The Balaban J connectivity index is 1.72. The van der Waals surface area contributed by atoms with Crippen LogP contribution in [0.4, 0.5) is 0 Å². The van der Waals surface area contributed by atoms with Crippen LogP contribution in [0.2, 0.25) is 0 Å². The molecular weight excluding hydrogens is 392 g/mol. The van der Waals surface area contributed by atoms with Gasteiger partial charge >= 0.3 is 0 Å². The lowest BCUT2D eigenvalue weighted by molar-refractivity contribution is 0.0714. The number of amides is 1. The normalized spacial score (nSPS) is 15.4. The van der Waals surface area contributed by atoms with Crippen molar-refractivity contribution in [2.24, 2.45) is 0 Å². The van der Waals surface area contributed by atoms with Crippen LogP contribution in [0.25, 0.3) is 11.0 Å². The van der Waals surface area contributed by atoms with Crippen molar-refractivity contribution in [1.29, 1.82) is 0 Å². The summed E-state index contributed by atoms with van der Waals surface area (Å²) >= 11 is 0. The van der Waals surface area contributed by atoms with Crippen LogP contribution in [0, 0.1) is 6.92 Å². The molecule has 4 aromatic rings. The minimum atomic E-state index is -0.560. The highest BCUT2D eigenvalue weighted by molar-refractivity contribution is 5.99. The zero-order chi connectivity index (χ0) is 21.5. The maximum Gasteiger partial charge on any atom is 0.291 e. The molecule has 1 amide bonds. The average Bonchev–Trinajstić information content (AvgIpc) is 3.07. The maximum absolute atomic E-state index is 13.5. The highest BCUT2D eigenvalue weighted by Crippen LogP contribution is 2.39. The van der Waals surface area contributed by atoms with Gasteiger partial charge in [0.05, 0.1) is 24.1 Å². The van der Waals surface area contributed by atoms with Crippen molar-refractivity contribution < 1.29 is 13.9 Å². The number of fused-ring (bicyclic) bond motifs is 2. The number of aromatic nitrogens is 1. The zero-order valence-electron chi connectivity index (χ0n) is 17.2. The number of hydrogen-bond donors (Lipinski definition) is 0. The minimum Gasteiger partial charge on any atom is -0.497 e. The lowest BCUT2D eigenvalue weighted by Crippen LogP contribution is -2.29. The maximum atomic E-state index is 13.5. The molecule has 1 atom stereocenters.